The van der Waals surface area contributed by atoms with Crippen LogP contribution in [0.3, 0.4) is 0 Å². The minimum atomic E-state index is -4.06. The van der Waals surface area contributed by atoms with E-state index in [2.05, 4.69) is 16.4 Å². The molecule has 6 heteroatoms. The lowest BCUT2D eigenvalue weighted by Gasteiger charge is -2.11. The predicted octanol–water partition coefficient (Wildman–Crippen LogP) is -0.0127. The molecule has 0 rings (SSSR count). The van der Waals surface area contributed by atoms with Crippen molar-refractivity contribution in [3.63, 3.8) is 0 Å². The fourth-order valence-electron chi connectivity index (χ4n) is 0.437. The third-order valence-electron chi connectivity index (χ3n) is 0.831. The molecule has 0 aromatic heterocycles. The molecule has 1 unspecified atom stereocenters. The van der Waals surface area contributed by atoms with Crippen molar-refractivity contribution in [3.05, 3.63) is 6.92 Å². The van der Waals surface area contributed by atoms with Crippen LogP contribution in [0.5, 0.6) is 0 Å². The van der Waals surface area contributed by atoms with Gasteiger partial charge in [0, 0.05) is 7.11 Å². The van der Waals surface area contributed by atoms with E-state index in [0.29, 0.717) is 0 Å². The van der Waals surface area contributed by atoms with Crippen LogP contribution in [0.1, 0.15) is 0 Å². The Morgan fingerprint density at radius 1 is 1.64 bits per heavy atom. The van der Waals surface area contributed by atoms with Gasteiger partial charge in [0.1, 0.15) is 6.35 Å². The molecule has 67 valence electrons. The third-order valence-corrected chi connectivity index (χ3v) is 1.32. The number of hydrogen-bond acceptors (Lipinski definition) is 3. The Kier molecular flexibility index (Phi) is 4.88. The van der Waals surface area contributed by atoms with Crippen LogP contribution in [0.25, 0.3) is 0 Å². The molecule has 11 heavy (non-hydrogen) atoms. The van der Waals surface area contributed by atoms with Gasteiger partial charge in [-0.25, -0.2) is 0 Å². The van der Waals surface area contributed by atoms with E-state index in [4.69, 9.17) is 9.79 Å². The molecule has 0 fully saturated rings. The summed E-state index contributed by atoms with van der Waals surface area (Å²) in [5.74, 6) is 0. The first-order chi connectivity index (χ1) is 4.95. The highest BCUT2D eigenvalue weighted by molar-refractivity contribution is 7.51. The summed E-state index contributed by atoms with van der Waals surface area (Å²) in [5, 5.41) is 0. The second-order valence-corrected chi connectivity index (χ2v) is 3.63. The molecule has 0 amide bonds. The molecule has 0 aliphatic heterocycles. The summed E-state index contributed by atoms with van der Waals surface area (Å²) >= 11 is 0. The number of hydrogen-bond donors (Lipinski definition) is 2. The summed E-state index contributed by atoms with van der Waals surface area (Å²) in [6.07, 6.45) is -1.14. The molecule has 0 aliphatic carbocycles. The Hall–Kier alpha value is 0.0700. The number of methoxy groups -OCH3 is 1. The van der Waals surface area contributed by atoms with E-state index in [0.717, 1.165) is 0 Å². The van der Waals surface area contributed by atoms with Gasteiger partial charge in [-0.1, -0.05) is 0 Å². The monoisotopic (exact) mass is 183 g/mol. The van der Waals surface area contributed by atoms with Gasteiger partial charge in [0.25, 0.3) is 0 Å². The van der Waals surface area contributed by atoms with Crippen molar-refractivity contribution in [2.45, 2.75) is 6.10 Å². The predicted molar refractivity (Wildman–Crippen MR) is 39.0 cm³/mol. The van der Waals surface area contributed by atoms with Crippen molar-refractivity contribution in [2.24, 2.45) is 0 Å². The topological polar surface area (TPSA) is 76.0 Å². The lowest BCUT2D eigenvalue weighted by Crippen LogP contribution is -2.15. The first kappa shape index (κ1) is 11.1. The highest BCUT2D eigenvalue weighted by atomic mass is 31.2. The van der Waals surface area contributed by atoms with E-state index in [1.165, 1.54) is 7.11 Å². The highest BCUT2D eigenvalue weighted by Gasteiger charge is 2.14. The highest BCUT2D eigenvalue weighted by Crippen LogP contribution is 2.34. The van der Waals surface area contributed by atoms with Crippen LogP contribution >= 0.6 is 7.60 Å². The summed E-state index contributed by atoms with van der Waals surface area (Å²) in [5.41, 5.74) is 0. The Morgan fingerprint density at radius 3 is 2.55 bits per heavy atom. The molecule has 2 N–H and O–H groups in total. The fraction of sp³-hybridized carbons (Fsp3) is 0.800. The SMILES string of the molecule is [CH2]C(COC)OCP(=O)(O)O. The van der Waals surface area contributed by atoms with Gasteiger partial charge in [-0.05, 0) is 6.92 Å². The van der Waals surface area contributed by atoms with Crippen LogP contribution in [0.2, 0.25) is 0 Å². The lowest BCUT2D eigenvalue weighted by molar-refractivity contribution is 0.0393. The minimum absolute atomic E-state index is 0.222. The van der Waals surface area contributed by atoms with Crippen LogP contribution < -0.4 is 0 Å². The van der Waals surface area contributed by atoms with Gasteiger partial charge < -0.3 is 19.3 Å². The van der Waals surface area contributed by atoms with E-state index < -0.39 is 20.0 Å². The Morgan fingerprint density at radius 2 is 2.18 bits per heavy atom. The fourth-order valence-corrected chi connectivity index (χ4v) is 0.842. The molecule has 0 heterocycles. The first-order valence-corrected chi connectivity index (χ1v) is 4.73. The second kappa shape index (κ2) is 4.85. The summed E-state index contributed by atoms with van der Waals surface area (Å²) in [4.78, 5) is 16.7. The maximum absolute atomic E-state index is 10.2. The molecule has 0 saturated heterocycles. The van der Waals surface area contributed by atoms with Gasteiger partial charge in [-0.15, -0.1) is 0 Å². The average molecular weight is 183 g/mol. The van der Waals surface area contributed by atoms with Gasteiger partial charge in [0.15, 0.2) is 0 Å². The Labute approximate surface area is 65.5 Å². The largest absolute Gasteiger partial charge is 0.382 e. The van der Waals surface area contributed by atoms with E-state index in [1.54, 1.807) is 0 Å². The minimum Gasteiger partial charge on any atom is -0.382 e. The lowest BCUT2D eigenvalue weighted by atomic mass is 10.4. The molecular formula is C5H12O5P. The smallest absolute Gasteiger partial charge is 0.350 e. The number of ether oxygens (including phenoxy) is 2. The standard InChI is InChI=1S/C5H12O5P/c1-5(3-9-2)10-4-11(6,7)8/h5H,1,3-4H2,2H3,(H2,6,7,8). The Balaban J connectivity index is 3.46. The van der Waals surface area contributed by atoms with E-state index >= 15 is 0 Å². The molecule has 1 radical (unpaired) electrons. The van der Waals surface area contributed by atoms with E-state index in [-0.39, 0.29) is 6.61 Å². The van der Waals surface area contributed by atoms with Crippen LogP contribution in [-0.4, -0.2) is 36.0 Å². The molecule has 0 bridgehead atoms. The quantitative estimate of drug-likeness (QED) is 0.586. The summed E-state index contributed by atoms with van der Waals surface area (Å²) < 4.78 is 19.5. The maximum atomic E-state index is 10.2. The van der Waals surface area contributed by atoms with E-state index in [1.807, 2.05) is 0 Å². The molecule has 5 nitrogen and oxygen atoms in total. The second-order valence-electron chi connectivity index (χ2n) is 2.04. The van der Waals surface area contributed by atoms with Gasteiger partial charge in [-0.3, -0.25) is 4.57 Å². The summed E-state index contributed by atoms with van der Waals surface area (Å²) in [7, 11) is -2.60. The normalized spacial score (nSPS) is 14.9. The molecular weight excluding hydrogens is 171 g/mol. The average Bonchev–Trinajstić information content (AvgIpc) is 1.83. The number of rotatable bonds is 5. The molecule has 0 aromatic rings. The van der Waals surface area contributed by atoms with Crippen LogP contribution in [-0.2, 0) is 14.0 Å². The molecule has 0 aliphatic rings. The molecule has 0 saturated carbocycles. The first-order valence-electron chi connectivity index (χ1n) is 2.94. The van der Waals surface area contributed by atoms with Gasteiger partial charge in [0.2, 0.25) is 0 Å². The van der Waals surface area contributed by atoms with Crippen molar-refractivity contribution in [1.29, 1.82) is 0 Å². The summed E-state index contributed by atoms with van der Waals surface area (Å²) in [6.45, 7) is 3.66. The molecule has 0 spiro atoms. The van der Waals surface area contributed by atoms with Crippen LogP contribution in [0.4, 0.5) is 0 Å². The van der Waals surface area contributed by atoms with Crippen LogP contribution in [0.15, 0.2) is 0 Å². The van der Waals surface area contributed by atoms with Gasteiger partial charge in [-0.2, -0.15) is 0 Å². The van der Waals surface area contributed by atoms with Crippen molar-refractivity contribution >= 4 is 7.60 Å². The van der Waals surface area contributed by atoms with Gasteiger partial charge in [0.05, 0.1) is 12.7 Å². The zero-order valence-electron chi connectivity index (χ0n) is 6.27. The van der Waals surface area contributed by atoms with E-state index in [9.17, 15) is 4.57 Å². The molecule has 1 atom stereocenters. The zero-order valence-corrected chi connectivity index (χ0v) is 7.16. The van der Waals surface area contributed by atoms with Crippen molar-refractivity contribution in [1.82, 2.24) is 0 Å². The maximum Gasteiger partial charge on any atom is 0.350 e. The summed E-state index contributed by atoms with van der Waals surface area (Å²) in [6, 6.07) is 0. The zero-order chi connectivity index (χ0) is 8.91. The molecule has 0 aromatic carbocycles. The third kappa shape index (κ3) is 7.97. The Bertz CT molecular complexity index is 142. The van der Waals surface area contributed by atoms with Crippen molar-refractivity contribution in [3.8, 4) is 0 Å². The van der Waals surface area contributed by atoms with Crippen molar-refractivity contribution < 1.29 is 23.8 Å². The van der Waals surface area contributed by atoms with Crippen molar-refractivity contribution in [2.75, 3.05) is 20.1 Å². The van der Waals surface area contributed by atoms with Gasteiger partial charge >= 0.3 is 7.60 Å². The van der Waals surface area contributed by atoms with Crippen LogP contribution in [0, 0.1) is 6.92 Å².